The van der Waals surface area contributed by atoms with Gasteiger partial charge in [0.05, 0.1) is 18.1 Å². The molecule has 0 saturated heterocycles. The van der Waals surface area contributed by atoms with Crippen LogP contribution in [-0.2, 0) is 16.0 Å². The molecule has 0 atom stereocenters. The lowest BCUT2D eigenvalue weighted by molar-refractivity contribution is -0.124. The Hall–Kier alpha value is -2.35. The van der Waals surface area contributed by atoms with Gasteiger partial charge in [0.2, 0.25) is 0 Å². The van der Waals surface area contributed by atoms with Crippen molar-refractivity contribution in [2.75, 3.05) is 13.2 Å². The van der Waals surface area contributed by atoms with E-state index in [0.29, 0.717) is 5.56 Å². The van der Waals surface area contributed by atoms with Crippen LogP contribution in [0.1, 0.15) is 29.3 Å². The largest absolute Gasteiger partial charge is 0.452 e. The topological polar surface area (TPSA) is 79.2 Å². The molecule has 0 radical (unpaired) electrons. The number of ether oxygens (including phenoxy) is 1. The van der Waals surface area contributed by atoms with Crippen LogP contribution in [0.3, 0.4) is 0 Å². The molecule has 1 N–H and O–H groups in total. The molecule has 0 aliphatic rings. The number of rotatable bonds is 6. The number of nitriles is 1. The second kappa shape index (κ2) is 7.88. The Kier molecular flexibility index (Phi) is 6.10. The second-order valence-electron chi connectivity index (χ2n) is 3.88. The number of benzene rings is 1. The molecule has 0 fully saturated rings. The van der Waals surface area contributed by atoms with Gasteiger partial charge in [0, 0.05) is 6.54 Å². The third-order valence-electron chi connectivity index (χ3n) is 2.49. The predicted octanol–water partition coefficient (Wildman–Crippen LogP) is 1.44. The van der Waals surface area contributed by atoms with E-state index in [0.717, 1.165) is 12.0 Å². The Balaban J connectivity index is 2.38. The number of hydrogen-bond donors (Lipinski definition) is 1. The van der Waals surface area contributed by atoms with E-state index >= 15 is 0 Å². The Morgan fingerprint density at radius 3 is 2.58 bits per heavy atom. The zero-order chi connectivity index (χ0) is 14.1. The predicted molar refractivity (Wildman–Crippen MR) is 69.3 cm³/mol. The van der Waals surface area contributed by atoms with Crippen LogP contribution in [0.15, 0.2) is 24.3 Å². The summed E-state index contributed by atoms with van der Waals surface area (Å²) in [6, 6.07) is 8.95. The summed E-state index contributed by atoms with van der Waals surface area (Å²) >= 11 is 0. The van der Waals surface area contributed by atoms with Crippen LogP contribution < -0.4 is 5.32 Å². The summed E-state index contributed by atoms with van der Waals surface area (Å²) < 4.78 is 4.86. The lowest BCUT2D eigenvalue weighted by Crippen LogP contribution is -2.29. The van der Waals surface area contributed by atoms with Gasteiger partial charge in [-0.2, -0.15) is 5.26 Å². The molecule has 1 aromatic carbocycles. The second-order valence-corrected chi connectivity index (χ2v) is 3.88. The van der Waals surface area contributed by atoms with Crippen molar-refractivity contribution in [1.82, 2.24) is 5.32 Å². The van der Waals surface area contributed by atoms with E-state index in [9.17, 15) is 9.59 Å². The monoisotopic (exact) mass is 260 g/mol. The number of amides is 1. The van der Waals surface area contributed by atoms with Crippen molar-refractivity contribution in [1.29, 1.82) is 5.26 Å². The van der Waals surface area contributed by atoms with Gasteiger partial charge >= 0.3 is 5.97 Å². The maximum Gasteiger partial charge on any atom is 0.338 e. The Morgan fingerprint density at radius 2 is 2.00 bits per heavy atom. The average molecular weight is 260 g/mol. The van der Waals surface area contributed by atoms with Gasteiger partial charge in [-0.1, -0.05) is 19.1 Å². The third kappa shape index (κ3) is 5.21. The number of carbonyl (C=O) groups excluding carboxylic acids is 2. The number of carbonyl (C=O) groups is 2. The van der Waals surface area contributed by atoms with E-state index in [1.54, 1.807) is 12.1 Å². The highest BCUT2D eigenvalue weighted by Gasteiger charge is 2.09. The number of hydrogen-bond acceptors (Lipinski definition) is 4. The van der Waals surface area contributed by atoms with Gasteiger partial charge in [-0.25, -0.2) is 4.79 Å². The van der Waals surface area contributed by atoms with Crippen molar-refractivity contribution in [2.24, 2.45) is 0 Å². The molecule has 100 valence electrons. The maximum atomic E-state index is 11.6. The number of esters is 1. The van der Waals surface area contributed by atoms with Crippen molar-refractivity contribution >= 4 is 11.9 Å². The van der Waals surface area contributed by atoms with E-state index in [1.165, 1.54) is 0 Å². The molecular weight excluding hydrogens is 244 g/mol. The smallest absolute Gasteiger partial charge is 0.338 e. The minimum absolute atomic E-state index is 0.234. The van der Waals surface area contributed by atoms with Gasteiger partial charge in [-0.3, -0.25) is 4.79 Å². The molecule has 5 nitrogen and oxygen atoms in total. The van der Waals surface area contributed by atoms with E-state index in [2.05, 4.69) is 5.32 Å². The molecule has 0 aromatic heterocycles. The Morgan fingerprint density at radius 1 is 1.32 bits per heavy atom. The molecule has 1 aromatic rings. The van der Waals surface area contributed by atoms with Crippen LogP contribution in [0.5, 0.6) is 0 Å². The third-order valence-corrected chi connectivity index (χ3v) is 2.49. The lowest BCUT2D eigenvalue weighted by atomic mass is 10.1. The highest BCUT2D eigenvalue weighted by atomic mass is 16.5. The average Bonchev–Trinajstić information content (AvgIpc) is 2.45. The molecular formula is C14H16N2O3. The van der Waals surface area contributed by atoms with Gasteiger partial charge < -0.3 is 10.1 Å². The van der Waals surface area contributed by atoms with Gasteiger partial charge in [0.1, 0.15) is 0 Å². The van der Waals surface area contributed by atoms with Crippen molar-refractivity contribution in [3.63, 3.8) is 0 Å². The minimum atomic E-state index is -0.530. The molecule has 1 rings (SSSR count). The fraction of sp³-hybridized carbons (Fsp3) is 0.357. The highest BCUT2D eigenvalue weighted by molar-refractivity contribution is 5.91. The summed E-state index contributed by atoms with van der Waals surface area (Å²) in [5.74, 6) is -0.938. The molecule has 0 heterocycles. The SMILES string of the molecule is CCc1ccc(C(=O)OCC(=O)NCCC#N)cc1. The molecule has 0 unspecified atom stereocenters. The first kappa shape index (κ1) is 14.7. The highest BCUT2D eigenvalue weighted by Crippen LogP contribution is 2.06. The Labute approximate surface area is 112 Å². The van der Waals surface area contributed by atoms with Crippen molar-refractivity contribution in [3.05, 3.63) is 35.4 Å². The summed E-state index contributed by atoms with van der Waals surface area (Å²) in [5, 5.41) is 10.8. The van der Waals surface area contributed by atoms with E-state index < -0.39 is 11.9 Å². The maximum absolute atomic E-state index is 11.6. The molecule has 5 heteroatoms. The zero-order valence-electron chi connectivity index (χ0n) is 10.8. The van der Waals surface area contributed by atoms with Gasteiger partial charge in [-0.15, -0.1) is 0 Å². The van der Waals surface area contributed by atoms with E-state index in [-0.39, 0.29) is 19.6 Å². The number of nitrogens with zero attached hydrogens (tertiary/aromatic N) is 1. The molecule has 0 saturated carbocycles. The van der Waals surface area contributed by atoms with Gasteiger partial charge in [0.15, 0.2) is 6.61 Å². The summed E-state index contributed by atoms with van der Waals surface area (Å²) in [7, 11) is 0. The first-order valence-corrected chi connectivity index (χ1v) is 6.07. The van der Waals surface area contributed by atoms with Crippen LogP contribution in [0.25, 0.3) is 0 Å². The molecule has 19 heavy (non-hydrogen) atoms. The van der Waals surface area contributed by atoms with Crippen LogP contribution in [0.4, 0.5) is 0 Å². The van der Waals surface area contributed by atoms with Gasteiger partial charge in [-0.05, 0) is 24.1 Å². The summed E-state index contributed by atoms with van der Waals surface area (Å²) in [6.45, 7) is 1.96. The molecule has 0 aliphatic carbocycles. The summed E-state index contributed by atoms with van der Waals surface area (Å²) in [4.78, 5) is 22.9. The van der Waals surface area contributed by atoms with Crippen LogP contribution >= 0.6 is 0 Å². The van der Waals surface area contributed by atoms with Crippen LogP contribution in [-0.4, -0.2) is 25.0 Å². The molecule has 0 bridgehead atoms. The Bertz CT molecular complexity index is 474. The molecule has 0 spiro atoms. The van der Waals surface area contributed by atoms with E-state index in [4.69, 9.17) is 10.00 Å². The first-order chi connectivity index (χ1) is 9.17. The number of aryl methyl sites for hydroxylation is 1. The van der Waals surface area contributed by atoms with Crippen molar-refractivity contribution < 1.29 is 14.3 Å². The van der Waals surface area contributed by atoms with Gasteiger partial charge in [0.25, 0.3) is 5.91 Å². The summed E-state index contributed by atoms with van der Waals surface area (Å²) in [6.07, 6.45) is 1.13. The molecule has 1 amide bonds. The minimum Gasteiger partial charge on any atom is -0.452 e. The quantitative estimate of drug-likeness (QED) is 0.620. The van der Waals surface area contributed by atoms with Crippen LogP contribution in [0, 0.1) is 11.3 Å². The fourth-order valence-corrected chi connectivity index (χ4v) is 1.40. The standard InChI is InChI=1S/C14H16N2O3/c1-2-11-4-6-12(7-5-11)14(18)19-10-13(17)16-9-3-8-15/h4-7H,2-3,9-10H2,1H3,(H,16,17). The summed E-state index contributed by atoms with van der Waals surface area (Å²) in [5.41, 5.74) is 1.55. The molecule has 0 aliphatic heterocycles. The fourth-order valence-electron chi connectivity index (χ4n) is 1.40. The van der Waals surface area contributed by atoms with E-state index in [1.807, 2.05) is 25.1 Å². The van der Waals surface area contributed by atoms with Crippen molar-refractivity contribution in [3.8, 4) is 6.07 Å². The lowest BCUT2D eigenvalue weighted by Gasteiger charge is -2.05. The normalized spacial score (nSPS) is 9.47. The van der Waals surface area contributed by atoms with Crippen LogP contribution in [0.2, 0.25) is 0 Å². The van der Waals surface area contributed by atoms with Crippen molar-refractivity contribution in [2.45, 2.75) is 19.8 Å². The number of nitrogens with one attached hydrogen (secondary N) is 1. The zero-order valence-corrected chi connectivity index (χ0v) is 10.8. The first-order valence-electron chi connectivity index (χ1n) is 6.07.